The van der Waals surface area contributed by atoms with Crippen LogP contribution in [0.1, 0.15) is 11.7 Å². The van der Waals surface area contributed by atoms with Crippen LogP contribution in [0.5, 0.6) is 17.2 Å². The minimum atomic E-state index is -4.21. The summed E-state index contributed by atoms with van der Waals surface area (Å²) >= 11 is 6.00. The minimum absolute atomic E-state index is 0.1000. The van der Waals surface area contributed by atoms with Gasteiger partial charge in [0.2, 0.25) is 20.0 Å². The molecular formula is C16H18ClN3O7S2. The molecule has 158 valence electrons. The molecule has 0 saturated carbocycles. The molecule has 1 aliphatic heterocycles. The van der Waals surface area contributed by atoms with E-state index in [0.29, 0.717) is 22.8 Å². The molecule has 13 heteroatoms. The van der Waals surface area contributed by atoms with E-state index in [1.807, 2.05) is 0 Å². The fourth-order valence-corrected chi connectivity index (χ4v) is 5.39. The van der Waals surface area contributed by atoms with Crippen molar-refractivity contribution in [2.45, 2.75) is 16.0 Å². The molecular weight excluding hydrogens is 446 g/mol. The normalized spacial score (nSPS) is 17.8. The van der Waals surface area contributed by atoms with Crippen LogP contribution in [0, 0.1) is 0 Å². The van der Waals surface area contributed by atoms with Gasteiger partial charge in [-0.05, 0) is 18.2 Å². The number of primary sulfonamides is 1. The van der Waals surface area contributed by atoms with E-state index in [9.17, 15) is 16.8 Å². The van der Waals surface area contributed by atoms with Gasteiger partial charge in [0.25, 0.3) is 0 Å². The molecule has 0 spiro atoms. The molecule has 29 heavy (non-hydrogen) atoms. The number of hydrogen-bond acceptors (Lipinski definition) is 8. The van der Waals surface area contributed by atoms with Crippen molar-refractivity contribution in [1.29, 1.82) is 0 Å². The Morgan fingerprint density at radius 1 is 1.00 bits per heavy atom. The summed E-state index contributed by atoms with van der Waals surface area (Å²) < 4.78 is 67.2. The standard InChI is InChI=1S/C16H18ClN3O7S2/c1-25-11-6-13(27-3)12(26-2)4-8(11)16-19-10-5-9(17)14(28(18,21)22)7-15(10)29(23,24)20-16/h4-7,16,19-20H,1-3H3,(H2,18,21,22)/t16-/m1/s1. The van der Waals surface area contributed by atoms with Gasteiger partial charge < -0.3 is 19.5 Å². The number of nitrogens with one attached hydrogen (secondary N) is 2. The van der Waals surface area contributed by atoms with Crippen molar-refractivity contribution < 1.29 is 31.0 Å². The molecule has 0 saturated heterocycles. The van der Waals surface area contributed by atoms with Crippen molar-refractivity contribution in [3.05, 3.63) is 34.9 Å². The van der Waals surface area contributed by atoms with E-state index in [2.05, 4.69) is 10.0 Å². The number of halogens is 1. The van der Waals surface area contributed by atoms with Crippen molar-refractivity contribution >= 4 is 37.3 Å². The predicted molar refractivity (Wildman–Crippen MR) is 106 cm³/mol. The lowest BCUT2D eigenvalue weighted by Gasteiger charge is -2.30. The highest BCUT2D eigenvalue weighted by Gasteiger charge is 2.34. The molecule has 1 aliphatic rings. The SMILES string of the molecule is COc1cc(OC)c([C@@H]2Nc3cc(Cl)c(S(N)(=O)=O)cc3S(=O)(=O)N2)cc1OC. The highest BCUT2D eigenvalue weighted by atomic mass is 35.5. The smallest absolute Gasteiger partial charge is 0.244 e. The summed E-state index contributed by atoms with van der Waals surface area (Å²) in [5.41, 5.74) is 0.508. The number of methoxy groups -OCH3 is 3. The third-order valence-corrected chi connectivity index (χ3v) is 7.09. The Hall–Kier alpha value is -2.25. The van der Waals surface area contributed by atoms with Crippen molar-refractivity contribution in [2.24, 2.45) is 5.14 Å². The Labute approximate surface area is 173 Å². The maximum Gasteiger partial charge on any atom is 0.244 e. The van der Waals surface area contributed by atoms with E-state index in [0.717, 1.165) is 6.07 Å². The van der Waals surface area contributed by atoms with Crippen LogP contribution in [0.4, 0.5) is 5.69 Å². The van der Waals surface area contributed by atoms with Gasteiger partial charge in [0.05, 0.1) is 32.0 Å². The fraction of sp³-hybridized carbons (Fsp3) is 0.250. The van der Waals surface area contributed by atoms with Crippen molar-refractivity contribution in [3.63, 3.8) is 0 Å². The second kappa shape index (κ2) is 7.54. The number of ether oxygens (including phenoxy) is 3. The number of hydrogen-bond donors (Lipinski definition) is 3. The van der Waals surface area contributed by atoms with Gasteiger partial charge in [-0.1, -0.05) is 11.6 Å². The van der Waals surface area contributed by atoms with Gasteiger partial charge in [-0.25, -0.2) is 22.0 Å². The minimum Gasteiger partial charge on any atom is -0.496 e. The lowest BCUT2D eigenvalue weighted by atomic mass is 10.1. The quantitative estimate of drug-likeness (QED) is 0.603. The molecule has 4 N–H and O–H groups in total. The Morgan fingerprint density at radius 3 is 2.14 bits per heavy atom. The van der Waals surface area contributed by atoms with Crippen LogP contribution in [0.25, 0.3) is 0 Å². The van der Waals surface area contributed by atoms with Gasteiger partial charge >= 0.3 is 0 Å². The zero-order valence-electron chi connectivity index (χ0n) is 15.5. The summed E-state index contributed by atoms with van der Waals surface area (Å²) in [6.45, 7) is 0. The van der Waals surface area contributed by atoms with Crippen molar-refractivity contribution in [3.8, 4) is 17.2 Å². The van der Waals surface area contributed by atoms with Crippen molar-refractivity contribution in [1.82, 2.24) is 4.72 Å². The van der Waals surface area contributed by atoms with Gasteiger partial charge in [0.1, 0.15) is 21.7 Å². The van der Waals surface area contributed by atoms with Gasteiger partial charge in [-0.15, -0.1) is 0 Å². The maximum atomic E-state index is 12.8. The number of rotatable bonds is 5. The topological polar surface area (TPSA) is 146 Å². The molecule has 1 heterocycles. The summed E-state index contributed by atoms with van der Waals surface area (Å²) in [6, 6.07) is 5.21. The Kier molecular flexibility index (Phi) is 5.58. The van der Waals surface area contributed by atoms with Gasteiger partial charge in [-0.2, -0.15) is 4.72 Å². The number of anilines is 1. The lowest BCUT2D eigenvalue weighted by Crippen LogP contribution is -2.38. The second-order valence-electron chi connectivity index (χ2n) is 5.97. The number of fused-ring (bicyclic) bond motifs is 1. The number of nitrogens with two attached hydrogens (primary N) is 1. The van der Waals surface area contributed by atoms with E-state index >= 15 is 0 Å². The number of sulfonamides is 2. The van der Waals surface area contributed by atoms with Gasteiger partial charge in [0, 0.05) is 11.6 Å². The van der Waals surface area contributed by atoms with Crippen molar-refractivity contribution in [2.75, 3.05) is 26.6 Å². The predicted octanol–water partition coefficient (Wildman–Crippen LogP) is 1.42. The molecule has 0 aromatic heterocycles. The zero-order chi connectivity index (χ0) is 21.6. The van der Waals surface area contributed by atoms with Crippen LogP contribution in [-0.4, -0.2) is 38.2 Å². The van der Waals surface area contributed by atoms with Crippen LogP contribution >= 0.6 is 11.6 Å². The summed E-state index contributed by atoms with van der Waals surface area (Å²) in [6.07, 6.45) is -0.960. The van der Waals surface area contributed by atoms with E-state index in [-0.39, 0.29) is 15.6 Å². The molecule has 3 rings (SSSR count). The summed E-state index contributed by atoms with van der Waals surface area (Å²) in [5.74, 6) is 1.09. The molecule has 0 amide bonds. The summed E-state index contributed by atoms with van der Waals surface area (Å²) in [7, 11) is -4.01. The molecule has 0 unspecified atom stereocenters. The molecule has 10 nitrogen and oxygen atoms in total. The van der Waals surface area contributed by atoms with Crippen LogP contribution in [0.3, 0.4) is 0 Å². The van der Waals surface area contributed by atoms with E-state index < -0.39 is 31.1 Å². The summed E-state index contributed by atoms with van der Waals surface area (Å²) in [4.78, 5) is -0.797. The lowest BCUT2D eigenvalue weighted by molar-refractivity contribution is 0.346. The van der Waals surface area contributed by atoms with Crippen LogP contribution in [-0.2, 0) is 20.0 Å². The highest BCUT2D eigenvalue weighted by Crippen LogP contribution is 2.41. The Bertz CT molecular complexity index is 1180. The van der Waals surface area contributed by atoms with E-state index in [1.54, 1.807) is 12.1 Å². The molecule has 1 atom stereocenters. The first-order valence-electron chi connectivity index (χ1n) is 7.97. The fourth-order valence-electron chi connectivity index (χ4n) is 2.91. The molecule has 0 radical (unpaired) electrons. The summed E-state index contributed by atoms with van der Waals surface area (Å²) in [5, 5.41) is 7.86. The zero-order valence-corrected chi connectivity index (χ0v) is 17.9. The maximum absolute atomic E-state index is 12.8. The average Bonchev–Trinajstić information content (AvgIpc) is 2.64. The molecule has 2 aromatic carbocycles. The first kappa shape index (κ1) is 21.5. The highest BCUT2D eigenvalue weighted by molar-refractivity contribution is 7.90. The average molecular weight is 464 g/mol. The molecule has 0 bridgehead atoms. The van der Waals surface area contributed by atoms with Gasteiger partial charge in [0.15, 0.2) is 11.5 Å². The van der Waals surface area contributed by atoms with Gasteiger partial charge in [-0.3, -0.25) is 0 Å². The second-order valence-corrected chi connectivity index (χ2v) is 9.59. The molecule has 0 fully saturated rings. The largest absolute Gasteiger partial charge is 0.496 e. The van der Waals surface area contributed by atoms with Crippen LogP contribution in [0.2, 0.25) is 5.02 Å². The monoisotopic (exact) mass is 463 g/mol. The first-order chi connectivity index (χ1) is 13.5. The third kappa shape index (κ3) is 3.94. The van der Waals surface area contributed by atoms with E-state index in [1.165, 1.54) is 27.4 Å². The number of benzene rings is 2. The third-order valence-electron chi connectivity index (χ3n) is 4.25. The van der Waals surface area contributed by atoms with Crippen LogP contribution in [0.15, 0.2) is 34.1 Å². The van der Waals surface area contributed by atoms with Crippen LogP contribution < -0.4 is 29.4 Å². The molecule has 0 aliphatic carbocycles. The first-order valence-corrected chi connectivity index (χ1v) is 11.4. The Morgan fingerprint density at radius 2 is 1.59 bits per heavy atom. The van der Waals surface area contributed by atoms with E-state index in [4.69, 9.17) is 31.0 Å². The molecule has 2 aromatic rings. The Balaban J connectivity index is 2.16.